The van der Waals surface area contributed by atoms with E-state index < -0.39 is 0 Å². The molecule has 2 heterocycles. The summed E-state index contributed by atoms with van der Waals surface area (Å²) in [6, 6.07) is 11.0. The van der Waals surface area contributed by atoms with Crippen molar-refractivity contribution in [1.82, 2.24) is 14.6 Å². The molecule has 5 nitrogen and oxygen atoms in total. The van der Waals surface area contributed by atoms with Gasteiger partial charge in [-0.1, -0.05) is 48.2 Å². The van der Waals surface area contributed by atoms with Crippen LogP contribution < -0.4 is 0 Å². The largest absolute Gasteiger partial charge is 0.458 e. The number of carbonyl (C=O) groups excluding carboxylic acids is 1. The monoisotopic (exact) mass is 393 g/mol. The van der Waals surface area contributed by atoms with Gasteiger partial charge in [0.15, 0.2) is 5.65 Å². The average Bonchev–Trinajstić information content (AvgIpc) is 3.45. The number of hydrogen-bond acceptors (Lipinski definition) is 4. The molecule has 6 heteroatoms. The number of benzene rings is 1. The highest BCUT2D eigenvalue weighted by molar-refractivity contribution is 6.30. The van der Waals surface area contributed by atoms with E-state index in [1.807, 2.05) is 24.3 Å². The van der Waals surface area contributed by atoms with E-state index in [9.17, 15) is 4.79 Å². The number of hydrogen-bond donors (Lipinski definition) is 0. The van der Waals surface area contributed by atoms with Crippen molar-refractivity contribution >= 4 is 23.2 Å². The maximum absolute atomic E-state index is 12.2. The second-order valence-corrected chi connectivity index (χ2v) is 7.85. The number of esters is 1. The van der Waals surface area contributed by atoms with Gasteiger partial charge >= 0.3 is 5.97 Å². The molecule has 1 spiro atoms. The second-order valence-electron chi connectivity index (χ2n) is 7.49. The zero-order valence-corrected chi connectivity index (χ0v) is 16.2. The van der Waals surface area contributed by atoms with Gasteiger partial charge in [-0.05, 0) is 37.5 Å². The highest BCUT2D eigenvalue weighted by atomic mass is 35.5. The number of rotatable bonds is 3. The summed E-state index contributed by atoms with van der Waals surface area (Å²) in [7, 11) is 0. The lowest BCUT2D eigenvalue weighted by atomic mass is 9.79. The lowest BCUT2D eigenvalue weighted by molar-refractivity contribution is 0.0548. The van der Waals surface area contributed by atoms with Crippen LogP contribution in [0.15, 0.2) is 54.2 Å². The van der Waals surface area contributed by atoms with Gasteiger partial charge in [-0.3, -0.25) is 0 Å². The molecule has 0 bridgehead atoms. The van der Waals surface area contributed by atoms with Crippen LogP contribution in [-0.4, -0.2) is 27.2 Å². The average molecular weight is 394 g/mol. The van der Waals surface area contributed by atoms with Crippen LogP contribution in [0.3, 0.4) is 0 Å². The van der Waals surface area contributed by atoms with E-state index in [-0.39, 0.29) is 18.0 Å². The number of carbonyl (C=O) groups is 1. The van der Waals surface area contributed by atoms with Crippen LogP contribution >= 0.6 is 11.6 Å². The Hall–Kier alpha value is -2.66. The fourth-order valence-electron chi connectivity index (χ4n) is 4.68. The highest BCUT2D eigenvalue weighted by Gasteiger charge is 2.47. The molecule has 0 N–H and O–H groups in total. The Morgan fingerprint density at radius 3 is 2.79 bits per heavy atom. The molecular formula is C22H20ClN3O2. The Balaban J connectivity index is 1.45. The number of allylic oxidation sites excluding steroid dienone is 1. The molecule has 0 radical (unpaired) electrons. The third-order valence-corrected chi connectivity index (χ3v) is 6.40. The first kappa shape index (κ1) is 17.4. The summed E-state index contributed by atoms with van der Waals surface area (Å²) in [6.07, 6.45) is 8.99. The second kappa shape index (κ2) is 6.74. The molecule has 0 amide bonds. The van der Waals surface area contributed by atoms with Crippen molar-refractivity contribution in [3.63, 3.8) is 0 Å². The Bertz CT molecular complexity index is 1080. The van der Waals surface area contributed by atoms with Crippen molar-refractivity contribution in [2.75, 3.05) is 6.61 Å². The van der Waals surface area contributed by atoms with Gasteiger partial charge in [0, 0.05) is 17.0 Å². The number of ether oxygens (including phenoxy) is 1. The van der Waals surface area contributed by atoms with Crippen molar-refractivity contribution in [3.05, 3.63) is 76.2 Å². The van der Waals surface area contributed by atoms with E-state index in [0.717, 1.165) is 36.2 Å². The molecule has 0 unspecified atom stereocenters. The van der Waals surface area contributed by atoms with E-state index in [1.165, 1.54) is 18.4 Å². The van der Waals surface area contributed by atoms with Crippen molar-refractivity contribution in [1.29, 1.82) is 0 Å². The molecule has 28 heavy (non-hydrogen) atoms. The zero-order chi connectivity index (χ0) is 19.1. The normalized spacial score (nSPS) is 18.8. The van der Waals surface area contributed by atoms with Gasteiger partial charge in [-0.25, -0.2) is 14.3 Å². The molecule has 3 aromatic rings. The van der Waals surface area contributed by atoms with Gasteiger partial charge in [0.2, 0.25) is 0 Å². The van der Waals surface area contributed by atoms with E-state index in [4.69, 9.17) is 21.3 Å². The Morgan fingerprint density at radius 1 is 1.21 bits per heavy atom. The standard InChI is InChI=1S/C22H20ClN3O2/c23-20-17-14-16(9-13-28-21(27)15-6-2-1-3-7-15)22(10-4-5-11-22)19(17)25-18-8-12-24-26(18)20/h1-3,6-9,12H,4-5,10-11,13-14H2. The topological polar surface area (TPSA) is 56.5 Å². The molecule has 0 atom stereocenters. The molecule has 1 fully saturated rings. The van der Waals surface area contributed by atoms with Gasteiger partial charge in [0.1, 0.15) is 11.8 Å². The fraction of sp³-hybridized carbons (Fsp3) is 0.318. The molecule has 2 aromatic heterocycles. The number of halogens is 1. The summed E-state index contributed by atoms with van der Waals surface area (Å²) < 4.78 is 7.19. The van der Waals surface area contributed by atoms with Gasteiger partial charge < -0.3 is 4.74 Å². The van der Waals surface area contributed by atoms with Crippen LogP contribution in [0.25, 0.3) is 5.65 Å². The molecule has 0 saturated heterocycles. The molecule has 1 aromatic carbocycles. The van der Waals surface area contributed by atoms with Crippen LogP contribution in [0.4, 0.5) is 0 Å². The highest BCUT2D eigenvalue weighted by Crippen LogP contribution is 2.53. The first-order valence-corrected chi connectivity index (χ1v) is 10.0. The van der Waals surface area contributed by atoms with Gasteiger partial charge in [0.25, 0.3) is 0 Å². The Morgan fingerprint density at radius 2 is 2.00 bits per heavy atom. The van der Waals surface area contributed by atoms with Gasteiger partial charge in [0.05, 0.1) is 17.5 Å². The zero-order valence-electron chi connectivity index (χ0n) is 15.4. The summed E-state index contributed by atoms with van der Waals surface area (Å²) >= 11 is 6.67. The molecule has 0 aliphatic heterocycles. The summed E-state index contributed by atoms with van der Waals surface area (Å²) in [5.41, 5.74) is 4.68. The van der Waals surface area contributed by atoms with E-state index in [0.29, 0.717) is 10.7 Å². The number of fused-ring (bicyclic) bond motifs is 3. The minimum Gasteiger partial charge on any atom is -0.458 e. The summed E-state index contributed by atoms with van der Waals surface area (Å²) in [5.74, 6) is -0.303. The van der Waals surface area contributed by atoms with E-state index in [1.54, 1.807) is 22.8 Å². The van der Waals surface area contributed by atoms with Gasteiger partial charge in [-0.15, -0.1) is 0 Å². The molecule has 2 aliphatic rings. The smallest absolute Gasteiger partial charge is 0.338 e. The lowest BCUT2D eigenvalue weighted by Crippen LogP contribution is -2.23. The third kappa shape index (κ3) is 2.65. The molecular weight excluding hydrogens is 374 g/mol. The fourth-order valence-corrected chi connectivity index (χ4v) is 4.97. The van der Waals surface area contributed by atoms with Crippen LogP contribution in [0, 0.1) is 0 Å². The molecule has 1 saturated carbocycles. The first-order chi connectivity index (χ1) is 13.7. The third-order valence-electron chi connectivity index (χ3n) is 6.02. The summed E-state index contributed by atoms with van der Waals surface area (Å²) in [4.78, 5) is 17.2. The van der Waals surface area contributed by atoms with Crippen molar-refractivity contribution < 1.29 is 9.53 Å². The van der Waals surface area contributed by atoms with Crippen LogP contribution in [0.1, 0.15) is 47.3 Å². The van der Waals surface area contributed by atoms with Crippen LogP contribution in [0.2, 0.25) is 5.15 Å². The number of nitrogens with zero attached hydrogens (tertiary/aromatic N) is 3. The SMILES string of the molecule is O=C(OCC=C1Cc2c(nc3ccnn3c2Cl)C12CCCC2)c1ccccc1. The van der Waals surface area contributed by atoms with Crippen LogP contribution in [-0.2, 0) is 16.6 Å². The Labute approximate surface area is 168 Å². The lowest BCUT2D eigenvalue weighted by Gasteiger charge is -2.26. The maximum atomic E-state index is 12.2. The number of aromatic nitrogens is 3. The molecule has 142 valence electrons. The first-order valence-electron chi connectivity index (χ1n) is 9.63. The van der Waals surface area contributed by atoms with Crippen molar-refractivity contribution in [2.24, 2.45) is 0 Å². The van der Waals surface area contributed by atoms with E-state index in [2.05, 4.69) is 11.2 Å². The quantitative estimate of drug-likeness (QED) is 0.372. The molecule has 2 aliphatic carbocycles. The predicted molar refractivity (Wildman–Crippen MR) is 107 cm³/mol. The summed E-state index contributed by atoms with van der Waals surface area (Å²) in [6.45, 7) is 0.257. The van der Waals surface area contributed by atoms with E-state index >= 15 is 0 Å². The van der Waals surface area contributed by atoms with Crippen LogP contribution in [0.5, 0.6) is 0 Å². The Kier molecular flexibility index (Phi) is 4.20. The molecule has 5 rings (SSSR count). The predicted octanol–water partition coefficient (Wildman–Crippen LogP) is 4.53. The van der Waals surface area contributed by atoms with Crippen molar-refractivity contribution in [2.45, 2.75) is 37.5 Å². The minimum absolute atomic E-state index is 0.0792. The maximum Gasteiger partial charge on any atom is 0.338 e. The van der Waals surface area contributed by atoms with Gasteiger partial charge in [-0.2, -0.15) is 5.10 Å². The van der Waals surface area contributed by atoms with Crippen molar-refractivity contribution in [3.8, 4) is 0 Å². The summed E-state index contributed by atoms with van der Waals surface area (Å²) in [5, 5.41) is 4.93. The minimum atomic E-state index is -0.303.